The van der Waals surface area contributed by atoms with Crippen LogP contribution >= 0.6 is 0 Å². The summed E-state index contributed by atoms with van der Waals surface area (Å²) in [5, 5.41) is 35.6. The fourth-order valence-corrected chi connectivity index (χ4v) is 6.66. The van der Waals surface area contributed by atoms with Crippen LogP contribution in [0.2, 0.25) is 0 Å². The van der Waals surface area contributed by atoms with E-state index in [0.717, 1.165) is 0 Å². The standard InChI is InChI=1S/C33H46O11/c1-17-14-24-28(44-31(39)23-12-10-9-11-13-23)18(2)16-33(24,40)30(43-22(6)36)19(3)27(37)29(38)32(7,8)26(42-21(5)35)15-25(17)41-20(4)34/h9-14,18-19,24-30,37-38,40H,15-16H2,1-8H3/b17-14+/t18-,19-,24-,25+,26+,27+,28-,29-,30-,33+/m0/s1. The van der Waals surface area contributed by atoms with E-state index in [-0.39, 0.29) is 12.8 Å². The normalized spacial score (nSPS) is 36.7. The second-order valence-corrected chi connectivity index (χ2v) is 12.9. The lowest BCUT2D eigenvalue weighted by molar-refractivity contribution is -0.200. The van der Waals surface area contributed by atoms with Crippen LogP contribution in [0.25, 0.3) is 0 Å². The summed E-state index contributed by atoms with van der Waals surface area (Å²) >= 11 is 0. The van der Waals surface area contributed by atoms with Gasteiger partial charge in [0.15, 0.2) is 0 Å². The van der Waals surface area contributed by atoms with E-state index < -0.39 is 89.3 Å². The van der Waals surface area contributed by atoms with Crippen molar-refractivity contribution in [3.05, 3.63) is 47.5 Å². The second-order valence-electron chi connectivity index (χ2n) is 12.9. The first kappa shape index (κ1) is 35.2. The molecule has 0 radical (unpaired) electrons. The number of hydrogen-bond acceptors (Lipinski definition) is 11. The van der Waals surface area contributed by atoms with Gasteiger partial charge in [-0.05, 0) is 37.0 Å². The van der Waals surface area contributed by atoms with Crippen molar-refractivity contribution in [2.24, 2.45) is 23.2 Å². The molecule has 0 amide bonds. The summed E-state index contributed by atoms with van der Waals surface area (Å²) in [5.41, 5.74) is -2.42. The van der Waals surface area contributed by atoms with Crippen LogP contribution < -0.4 is 0 Å². The maximum atomic E-state index is 13.2. The number of ether oxygens (including phenoxy) is 4. The molecule has 1 fully saturated rings. The van der Waals surface area contributed by atoms with E-state index in [2.05, 4.69) is 0 Å². The summed E-state index contributed by atoms with van der Waals surface area (Å²) in [6.45, 7) is 11.8. The molecule has 0 heterocycles. The van der Waals surface area contributed by atoms with E-state index in [1.165, 1.54) is 20.8 Å². The quantitative estimate of drug-likeness (QED) is 0.252. The zero-order chi connectivity index (χ0) is 33.1. The Morgan fingerprint density at radius 2 is 1.43 bits per heavy atom. The molecule has 3 N–H and O–H groups in total. The van der Waals surface area contributed by atoms with Crippen LogP contribution in [-0.2, 0) is 33.3 Å². The van der Waals surface area contributed by atoms with Crippen molar-refractivity contribution in [2.75, 3.05) is 0 Å². The first-order valence-corrected chi connectivity index (χ1v) is 14.9. The lowest BCUT2D eigenvalue weighted by Crippen LogP contribution is -2.59. The van der Waals surface area contributed by atoms with Crippen LogP contribution in [0, 0.1) is 23.2 Å². The largest absolute Gasteiger partial charge is 0.462 e. The zero-order valence-corrected chi connectivity index (χ0v) is 26.7. The molecule has 44 heavy (non-hydrogen) atoms. The van der Waals surface area contributed by atoms with Gasteiger partial charge in [0, 0.05) is 44.4 Å². The molecule has 244 valence electrons. The van der Waals surface area contributed by atoms with Gasteiger partial charge in [0.05, 0.1) is 17.8 Å². The molecule has 11 nitrogen and oxygen atoms in total. The van der Waals surface area contributed by atoms with Crippen LogP contribution in [0.15, 0.2) is 42.0 Å². The molecule has 1 aromatic rings. The number of fused-ring (bicyclic) bond motifs is 1. The highest BCUT2D eigenvalue weighted by Crippen LogP contribution is 2.49. The number of esters is 4. The Morgan fingerprint density at radius 3 is 1.98 bits per heavy atom. The van der Waals surface area contributed by atoms with Crippen molar-refractivity contribution in [3.8, 4) is 0 Å². The minimum atomic E-state index is -1.88. The Kier molecular flexibility index (Phi) is 11.0. The summed E-state index contributed by atoms with van der Waals surface area (Å²) < 4.78 is 23.0. The molecule has 1 aromatic carbocycles. The van der Waals surface area contributed by atoms with Gasteiger partial charge < -0.3 is 34.3 Å². The lowest BCUT2D eigenvalue weighted by Gasteiger charge is -2.46. The van der Waals surface area contributed by atoms with E-state index in [1.807, 2.05) is 0 Å². The van der Waals surface area contributed by atoms with Gasteiger partial charge in [-0.1, -0.05) is 52.0 Å². The number of carbonyl (C=O) groups is 4. The molecule has 2 aliphatic carbocycles. The van der Waals surface area contributed by atoms with Crippen LogP contribution in [0.4, 0.5) is 0 Å². The fourth-order valence-electron chi connectivity index (χ4n) is 6.66. The third kappa shape index (κ3) is 7.50. The van der Waals surface area contributed by atoms with Crippen LogP contribution in [0.1, 0.15) is 78.6 Å². The number of carbonyl (C=O) groups excluding carboxylic acids is 4. The zero-order valence-electron chi connectivity index (χ0n) is 26.7. The van der Waals surface area contributed by atoms with Crippen molar-refractivity contribution in [3.63, 3.8) is 0 Å². The van der Waals surface area contributed by atoms with Crippen LogP contribution in [0.3, 0.4) is 0 Å². The van der Waals surface area contributed by atoms with Crippen molar-refractivity contribution in [1.29, 1.82) is 0 Å². The van der Waals surface area contributed by atoms with E-state index in [4.69, 9.17) is 18.9 Å². The molecule has 0 unspecified atom stereocenters. The minimum absolute atomic E-state index is 0.0109. The summed E-state index contributed by atoms with van der Waals surface area (Å²) in [4.78, 5) is 50.1. The maximum Gasteiger partial charge on any atom is 0.338 e. The highest BCUT2D eigenvalue weighted by Gasteiger charge is 2.60. The Hall–Kier alpha value is -3.28. The summed E-state index contributed by atoms with van der Waals surface area (Å²) in [5.74, 6) is -5.09. The summed E-state index contributed by atoms with van der Waals surface area (Å²) in [6.07, 6.45) is -5.85. The number of benzene rings is 1. The maximum absolute atomic E-state index is 13.2. The SMILES string of the molecule is CC(=O)O[C@@H]1C[C@@H](OC(C)=O)C(C)(C)[C@@H](O)[C@H](O)[C@H](C)[C@H](OC(C)=O)[C@@]2(O)C[C@H](C)[C@H](OC(=O)c3ccccc3)[C@@H]2/C=C/1C. The number of hydrogen-bond donors (Lipinski definition) is 3. The van der Waals surface area contributed by atoms with E-state index in [9.17, 15) is 34.5 Å². The first-order chi connectivity index (χ1) is 20.4. The molecule has 1 saturated carbocycles. The smallest absolute Gasteiger partial charge is 0.338 e. The van der Waals surface area contributed by atoms with Crippen LogP contribution in [-0.4, -0.2) is 81.4 Å². The van der Waals surface area contributed by atoms with Crippen molar-refractivity contribution in [2.45, 2.75) is 110 Å². The minimum Gasteiger partial charge on any atom is -0.462 e. The molecule has 0 spiro atoms. The Morgan fingerprint density at radius 1 is 0.864 bits per heavy atom. The van der Waals surface area contributed by atoms with Gasteiger partial charge in [-0.15, -0.1) is 0 Å². The van der Waals surface area contributed by atoms with Gasteiger partial charge >= 0.3 is 23.9 Å². The molecular weight excluding hydrogens is 572 g/mol. The highest BCUT2D eigenvalue weighted by molar-refractivity contribution is 5.89. The Bertz CT molecular complexity index is 1240. The molecule has 0 saturated heterocycles. The summed E-state index contributed by atoms with van der Waals surface area (Å²) in [6, 6.07) is 8.36. The fraction of sp³-hybridized carbons (Fsp3) is 0.636. The predicted molar refractivity (Wildman–Crippen MR) is 158 cm³/mol. The average Bonchev–Trinajstić information content (AvgIpc) is 3.17. The average molecular weight is 619 g/mol. The van der Waals surface area contributed by atoms with Gasteiger partial charge in [0.2, 0.25) is 0 Å². The molecule has 0 aliphatic heterocycles. The molecule has 11 heteroatoms. The number of rotatable bonds is 5. The van der Waals surface area contributed by atoms with Crippen LogP contribution in [0.5, 0.6) is 0 Å². The number of aliphatic hydroxyl groups is 3. The highest BCUT2D eigenvalue weighted by atomic mass is 16.6. The summed E-state index contributed by atoms with van der Waals surface area (Å²) in [7, 11) is 0. The molecule has 0 aromatic heterocycles. The molecule has 10 atom stereocenters. The second kappa shape index (κ2) is 13.8. The Labute approximate surface area is 258 Å². The van der Waals surface area contributed by atoms with Gasteiger partial charge in [-0.25, -0.2) is 4.79 Å². The molecule has 0 bridgehead atoms. The third-order valence-corrected chi connectivity index (χ3v) is 9.11. The predicted octanol–water partition coefficient (Wildman–Crippen LogP) is 3.13. The molecule has 3 rings (SSSR count). The topological polar surface area (TPSA) is 166 Å². The molecular formula is C33H46O11. The third-order valence-electron chi connectivity index (χ3n) is 9.11. The number of aliphatic hydroxyl groups excluding tert-OH is 2. The van der Waals surface area contributed by atoms with E-state index in [1.54, 1.807) is 71.0 Å². The van der Waals surface area contributed by atoms with Gasteiger partial charge in [0.1, 0.15) is 30.0 Å². The van der Waals surface area contributed by atoms with Crippen molar-refractivity contribution in [1.82, 2.24) is 0 Å². The monoisotopic (exact) mass is 618 g/mol. The van der Waals surface area contributed by atoms with E-state index >= 15 is 0 Å². The van der Waals surface area contributed by atoms with Gasteiger partial charge in [0.25, 0.3) is 0 Å². The molecule has 2 aliphatic rings. The first-order valence-electron chi connectivity index (χ1n) is 14.9. The van der Waals surface area contributed by atoms with Gasteiger partial charge in [-0.3, -0.25) is 14.4 Å². The Balaban J connectivity index is 2.26. The van der Waals surface area contributed by atoms with Crippen molar-refractivity contribution >= 4 is 23.9 Å². The van der Waals surface area contributed by atoms with E-state index in [0.29, 0.717) is 11.1 Å². The lowest BCUT2D eigenvalue weighted by atomic mass is 9.69. The van der Waals surface area contributed by atoms with Gasteiger partial charge in [-0.2, -0.15) is 0 Å². The van der Waals surface area contributed by atoms with Crippen molar-refractivity contribution < 1.29 is 53.4 Å².